The SMILES string of the molecule is CCC1CCC(N)(c2c(F)ccc(Br)c2F)CC1. The Balaban J connectivity index is 2.34. The third kappa shape index (κ3) is 2.45. The molecule has 1 aliphatic rings. The molecule has 0 aliphatic heterocycles. The van der Waals surface area contributed by atoms with E-state index in [4.69, 9.17) is 5.73 Å². The van der Waals surface area contributed by atoms with Gasteiger partial charge in [-0.05, 0) is 59.7 Å². The zero-order valence-corrected chi connectivity index (χ0v) is 12.1. The minimum absolute atomic E-state index is 0.0476. The quantitative estimate of drug-likeness (QED) is 0.799. The van der Waals surface area contributed by atoms with Gasteiger partial charge in [-0.3, -0.25) is 0 Å². The van der Waals surface area contributed by atoms with Gasteiger partial charge in [-0.15, -0.1) is 0 Å². The van der Waals surface area contributed by atoms with Crippen LogP contribution in [0.5, 0.6) is 0 Å². The predicted molar refractivity (Wildman–Crippen MR) is 72.2 cm³/mol. The summed E-state index contributed by atoms with van der Waals surface area (Å²) in [5.74, 6) is -0.444. The van der Waals surface area contributed by atoms with Crippen molar-refractivity contribution in [3.8, 4) is 0 Å². The van der Waals surface area contributed by atoms with E-state index >= 15 is 0 Å². The lowest BCUT2D eigenvalue weighted by atomic mass is 9.72. The molecule has 0 unspecified atom stereocenters. The summed E-state index contributed by atoms with van der Waals surface area (Å²) < 4.78 is 28.3. The Morgan fingerprint density at radius 2 is 1.94 bits per heavy atom. The van der Waals surface area contributed by atoms with Crippen LogP contribution < -0.4 is 5.73 Å². The fraction of sp³-hybridized carbons (Fsp3) is 0.571. The standard InChI is InChI=1S/C14H18BrF2N/c1-2-9-5-7-14(18,8-6-9)12-11(16)4-3-10(15)13(12)17/h3-4,9H,2,5-8,18H2,1H3. The van der Waals surface area contributed by atoms with E-state index in [2.05, 4.69) is 22.9 Å². The van der Waals surface area contributed by atoms with Crippen LogP contribution in [-0.4, -0.2) is 0 Å². The number of nitrogens with two attached hydrogens (primary N) is 1. The van der Waals surface area contributed by atoms with Crippen molar-refractivity contribution in [1.29, 1.82) is 0 Å². The van der Waals surface area contributed by atoms with E-state index < -0.39 is 17.2 Å². The first-order valence-electron chi connectivity index (χ1n) is 6.41. The van der Waals surface area contributed by atoms with Crippen LogP contribution in [0, 0.1) is 17.6 Å². The highest BCUT2D eigenvalue weighted by Crippen LogP contribution is 2.41. The molecule has 0 aromatic heterocycles. The van der Waals surface area contributed by atoms with Crippen LogP contribution in [0.2, 0.25) is 0 Å². The number of hydrogen-bond donors (Lipinski definition) is 1. The first kappa shape index (κ1) is 13.9. The molecule has 0 spiro atoms. The Morgan fingerprint density at radius 1 is 1.33 bits per heavy atom. The fourth-order valence-electron chi connectivity index (χ4n) is 2.83. The first-order chi connectivity index (χ1) is 8.48. The van der Waals surface area contributed by atoms with Gasteiger partial charge in [0, 0.05) is 11.1 Å². The van der Waals surface area contributed by atoms with E-state index in [0.717, 1.165) is 19.3 Å². The van der Waals surface area contributed by atoms with Crippen molar-refractivity contribution in [2.24, 2.45) is 11.7 Å². The zero-order valence-electron chi connectivity index (χ0n) is 10.5. The van der Waals surface area contributed by atoms with Gasteiger partial charge in [0.25, 0.3) is 0 Å². The topological polar surface area (TPSA) is 26.0 Å². The summed E-state index contributed by atoms with van der Waals surface area (Å²) in [5, 5.41) is 0. The van der Waals surface area contributed by atoms with Gasteiger partial charge >= 0.3 is 0 Å². The Hall–Kier alpha value is -0.480. The van der Waals surface area contributed by atoms with Crippen molar-refractivity contribution < 1.29 is 8.78 Å². The summed E-state index contributed by atoms with van der Waals surface area (Å²) in [4.78, 5) is 0. The summed E-state index contributed by atoms with van der Waals surface area (Å²) in [6.45, 7) is 2.15. The Bertz CT molecular complexity index is 440. The molecule has 0 amide bonds. The second-order valence-electron chi connectivity index (χ2n) is 5.23. The van der Waals surface area contributed by atoms with E-state index in [0.29, 0.717) is 18.8 Å². The van der Waals surface area contributed by atoms with Crippen LogP contribution in [0.3, 0.4) is 0 Å². The lowest BCUT2D eigenvalue weighted by molar-refractivity contribution is 0.220. The molecule has 4 heteroatoms. The van der Waals surface area contributed by atoms with Gasteiger partial charge in [-0.1, -0.05) is 13.3 Å². The molecule has 2 rings (SSSR count). The van der Waals surface area contributed by atoms with E-state index in [1.54, 1.807) is 0 Å². The maximum absolute atomic E-state index is 14.1. The Labute approximate surface area is 115 Å². The first-order valence-corrected chi connectivity index (χ1v) is 7.20. The third-order valence-electron chi connectivity index (χ3n) is 4.12. The Morgan fingerprint density at radius 3 is 2.50 bits per heavy atom. The van der Waals surface area contributed by atoms with Crippen molar-refractivity contribution >= 4 is 15.9 Å². The van der Waals surface area contributed by atoms with Crippen molar-refractivity contribution in [1.82, 2.24) is 0 Å². The number of halogens is 3. The van der Waals surface area contributed by atoms with Gasteiger partial charge in [0.2, 0.25) is 0 Å². The van der Waals surface area contributed by atoms with Crippen LogP contribution in [-0.2, 0) is 5.54 Å². The van der Waals surface area contributed by atoms with Crippen molar-refractivity contribution in [3.05, 3.63) is 33.8 Å². The predicted octanol–water partition coefficient (Wildman–Crippen LogP) is 4.48. The molecule has 0 saturated heterocycles. The minimum atomic E-state index is -0.858. The third-order valence-corrected chi connectivity index (χ3v) is 4.73. The molecule has 1 fully saturated rings. The normalized spacial score (nSPS) is 28.4. The molecule has 1 nitrogen and oxygen atoms in total. The maximum atomic E-state index is 14.1. The van der Waals surface area contributed by atoms with Gasteiger partial charge in [0.15, 0.2) is 0 Å². The van der Waals surface area contributed by atoms with Crippen LogP contribution in [0.25, 0.3) is 0 Å². The monoisotopic (exact) mass is 317 g/mol. The molecule has 0 atom stereocenters. The second-order valence-corrected chi connectivity index (χ2v) is 6.08. The largest absolute Gasteiger partial charge is 0.321 e. The number of benzene rings is 1. The lowest BCUT2D eigenvalue weighted by Crippen LogP contribution is -2.42. The molecule has 1 saturated carbocycles. The summed E-state index contributed by atoms with van der Waals surface area (Å²) in [6.07, 6.45) is 4.29. The molecule has 1 aromatic rings. The van der Waals surface area contributed by atoms with Crippen molar-refractivity contribution in [3.63, 3.8) is 0 Å². The fourth-order valence-corrected chi connectivity index (χ4v) is 3.16. The molecule has 0 bridgehead atoms. The molecule has 1 aromatic carbocycles. The van der Waals surface area contributed by atoms with Gasteiger partial charge in [-0.25, -0.2) is 8.78 Å². The molecule has 0 heterocycles. The molecular weight excluding hydrogens is 300 g/mol. The van der Waals surface area contributed by atoms with E-state index in [9.17, 15) is 8.78 Å². The van der Waals surface area contributed by atoms with Crippen molar-refractivity contribution in [2.75, 3.05) is 0 Å². The maximum Gasteiger partial charge on any atom is 0.145 e. The summed E-state index contributed by atoms with van der Waals surface area (Å²) >= 11 is 3.10. The van der Waals surface area contributed by atoms with Crippen LogP contribution in [0.1, 0.15) is 44.6 Å². The van der Waals surface area contributed by atoms with Gasteiger partial charge in [0.1, 0.15) is 11.6 Å². The number of rotatable bonds is 2. The van der Waals surface area contributed by atoms with Gasteiger partial charge in [0.05, 0.1) is 4.47 Å². The van der Waals surface area contributed by atoms with Crippen LogP contribution >= 0.6 is 15.9 Å². The highest BCUT2D eigenvalue weighted by molar-refractivity contribution is 9.10. The molecule has 18 heavy (non-hydrogen) atoms. The highest BCUT2D eigenvalue weighted by Gasteiger charge is 2.37. The minimum Gasteiger partial charge on any atom is -0.321 e. The molecule has 2 N–H and O–H groups in total. The molecule has 100 valence electrons. The number of hydrogen-bond acceptors (Lipinski definition) is 1. The second kappa shape index (κ2) is 5.25. The lowest BCUT2D eigenvalue weighted by Gasteiger charge is -2.37. The van der Waals surface area contributed by atoms with E-state index in [-0.39, 0.29) is 10.0 Å². The molecule has 0 radical (unpaired) electrons. The smallest absolute Gasteiger partial charge is 0.145 e. The van der Waals surface area contributed by atoms with Crippen LogP contribution in [0.15, 0.2) is 16.6 Å². The van der Waals surface area contributed by atoms with E-state index in [1.807, 2.05) is 0 Å². The Kier molecular flexibility index (Phi) is 4.07. The zero-order chi connectivity index (χ0) is 13.3. The van der Waals surface area contributed by atoms with Crippen molar-refractivity contribution in [2.45, 2.75) is 44.6 Å². The summed E-state index contributed by atoms with van der Waals surface area (Å²) in [5.41, 5.74) is 5.46. The highest BCUT2D eigenvalue weighted by atomic mass is 79.9. The van der Waals surface area contributed by atoms with E-state index in [1.165, 1.54) is 12.1 Å². The molecular formula is C14H18BrF2N. The summed E-state index contributed by atoms with van der Waals surface area (Å²) in [6, 6.07) is 2.66. The summed E-state index contributed by atoms with van der Waals surface area (Å²) in [7, 11) is 0. The van der Waals surface area contributed by atoms with Gasteiger partial charge in [-0.2, -0.15) is 0 Å². The average molecular weight is 318 g/mol. The average Bonchev–Trinajstić information content (AvgIpc) is 2.35. The van der Waals surface area contributed by atoms with Gasteiger partial charge < -0.3 is 5.73 Å². The molecule has 1 aliphatic carbocycles. The van der Waals surface area contributed by atoms with Crippen LogP contribution in [0.4, 0.5) is 8.78 Å².